The van der Waals surface area contributed by atoms with Gasteiger partial charge in [0.15, 0.2) is 5.96 Å². The number of benzene rings is 1. The van der Waals surface area contributed by atoms with Crippen LogP contribution < -0.4 is 16.0 Å². The van der Waals surface area contributed by atoms with Gasteiger partial charge in [0.25, 0.3) is 0 Å². The number of rotatable bonds is 8. The first-order chi connectivity index (χ1) is 11.5. The molecule has 0 aliphatic heterocycles. The standard InChI is InChI=1S/C19H32N4O.HI/c1-6-11-21-18(24)13-22-19(20-5)23-15(4)17-9-7-16(8-10-17)12-14(2)3;/h7-10,14-15H,6,11-13H2,1-5H3,(H,21,24)(H2,20,22,23);1H. The third kappa shape index (κ3) is 9.67. The highest BCUT2D eigenvalue weighted by atomic mass is 127. The smallest absolute Gasteiger partial charge is 0.239 e. The molecule has 1 amide bonds. The topological polar surface area (TPSA) is 65.5 Å². The average molecular weight is 460 g/mol. The molecule has 0 radical (unpaired) electrons. The van der Waals surface area contributed by atoms with Gasteiger partial charge in [0.05, 0.1) is 12.6 Å². The number of amides is 1. The van der Waals surface area contributed by atoms with Crippen molar-refractivity contribution >= 4 is 35.8 Å². The van der Waals surface area contributed by atoms with E-state index in [0.29, 0.717) is 18.4 Å². The molecule has 0 aliphatic carbocycles. The van der Waals surface area contributed by atoms with Crippen LogP contribution in [0.4, 0.5) is 0 Å². The van der Waals surface area contributed by atoms with Crippen molar-refractivity contribution in [2.24, 2.45) is 10.9 Å². The van der Waals surface area contributed by atoms with Crippen LogP contribution in [-0.2, 0) is 11.2 Å². The van der Waals surface area contributed by atoms with E-state index in [9.17, 15) is 4.79 Å². The van der Waals surface area contributed by atoms with E-state index in [2.05, 4.69) is 66.0 Å². The van der Waals surface area contributed by atoms with Gasteiger partial charge in [-0.2, -0.15) is 0 Å². The Kier molecular flexibility index (Phi) is 12.3. The lowest BCUT2D eigenvalue weighted by molar-refractivity contribution is -0.120. The van der Waals surface area contributed by atoms with Crippen LogP contribution in [0.25, 0.3) is 0 Å². The highest BCUT2D eigenvalue weighted by molar-refractivity contribution is 14.0. The molecule has 6 heteroatoms. The van der Waals surface area contributed by atoms with Crippen molar-refractivity contribution in [3.63, 3.8) is 0 Å². The van der Waals surface area contributed by atoms with Gasteiger partial charge in [-0.25, -0.2) is 0 Å². The van der Waals surface area contributed by atoms with Crippen molar-refractivity contribution in [1.82, 2.24) is 16.0 Å². The molecular formula is C19H33IN4O. The van der Waals surface area contributed by atoms with Gasteiger partial charge in [0.2, 0.25) is 5.91 Å². The lowest BCUT2D eigenvalue weighted by Gasteiger charge is -2.18. The van der Waals surface area contributed by atoms with Crippen molar-refractivity contribution < 1.29 is 4.79 Å². The molecule has 1 aromatic rings. The highest BCUT2D eigenvalue weighted by Crippen LogP contribution is 2.15. The molecule has 0 bridgehead atoms. The van der Waals surface area contributed by atoms with Gasteiger partial charge in [0, 0.05) is 13.6 Å². The molecular weight excluding hydrogens is 427 g/mol. The van der Waals surface area contributed by atoms with Crippen LogP contribution in [0.3, 0.4) is 0 Å². The van der Waals surface area contributed by atoms with E-state index in [-0.39, 0.29) is 42.5 Å². The summed E-state index contributed by atoms with van der Waals surface area (Å²) in [5.74, 6) is 1.26. The van der Waals surface area contributed by atoms with Gasteiger partial charge in [-0.15, -0.1) is 24.0 Å². The van der Waals surface area contributed by atoms with E-state index >= 15 is 0 Å². The number of nitrogens with one attached hydrogen (secondary N) is 3. The minimum absolute atomic E-state index is 0. The summed E-state index contributed by atoms with van der Waals surface area (Å²) >= 11 is 0. The molecule has 3 N–H and O–H groups in total. The number of hydrogen-bond donors (Lipinski definition) is 3. The molecule has 1 unspecified atom stereocenters. The summed E-state index contributed by atoms with van der Waals surface area (Å²) in [6.45, 7) is 9.49. The lowest BCUT2D eigenvalue weighted by atomic mass is 10.00. The molecule has 1 aromatic carbocycles. The minimum Gasteiger partial charge on any atom is -0.355 e. The zero-order valence-electron chi connectivity index (χ0n) is 16.1. The Morgan fingerprint density at radius 1 is 1.12 bits per heavy atom. The van der Waals surface area contributed by atoms with Gasteiger partial charge in [-0.3, -0.25) is 9.79 Å². The maximum atomic E-state index is 11.6. The van der Waals surface area contributed by atoms with E-state index in [1.54, 1.807) is 7.05 Å². The van der Waals surface area contributed by atoms with Crippen LogP contribution in [0.1, 0.15) is 51.3 Å². The minimum atomic E-state index is -0.0227. The maximum absolute atomic E-state index is 11.6. The Bertz CT molecular complexity index is 529. The average Bonchev–Trinajstić information content (AvgIpc) is 2.56. The SMILES string of the molecule is CCCNC(=O)CNC(=NC)NC(C)c1ccc(CC(C)C)cc1.I. The van der Waals surface area contributed by atoms with E-state index in [1.165, 1.54) is 11.1 Å². The summed E-state index contributed by atoms with van der Waals surface area (Å²) in [5, 5.41) is 9.19. The van der Waals surface area contributed by atoms with Gasteiger partial charge in [-0.1, -0.05) is 45.0 Å². The van der Waals surface area contributed by atoms with Crippen molar-refractivity contribution in [2.75, 3.05) is 20.1 Å². The molecule has 0 saturated carbocycles. The molecule has 142 valence electrons. The number of hydrogen-bond acceptors (Lipinski definition) is 2. The molecule has 0 heterocycles. The molecule has 0 aliphatic rings. The van der Waals surface area contributed by atoms with Crippen molar-refractivity contribution in [3.8, 4) is 0 Å². The Morgan fingerprint density at radius 3 is 2.28 bits per heavy atom. The number of aliphatic imine (C=N–C) groups is 1. The van der Waals surface area contributed by atoms with Crippen LogP contribution in [-0.4, -0.2) is 32.0 Å². The Hall–Kier alpha value is -1.31. The van der Waals surface area contributed by atoms with Gasteiger partial charge >= 0.3 is 0 Å². The highest BCUT2D eigenvalue weighted by Gasteiger charge is 2.09. The van der Waals surface area contributed by atoms with Crippen molar-refractivity contribution in [3.05, 3.63) is 35.4 Å². The Labute approximate surface area is 169 Å². The van der Waals surface area contributed by atoms with E-state index in [0.717, 1.165) is 12.8 Å². The summed E-state index contributed by atoms with van der Waals surface area (Å²) in [4.78, 5) is 15.8. The zero-order valence-corrected chi connectivity index (χ0v) is 18.4. The van der Waals surface area contributed by atoms with E-state index < -0.39 is 0 Å². The first-order valence-electron chi connectivity index (χ1n) is 8.79. The fourth-order valence-corrected chi connectivity index (χ4v) is 2.39. The Morgan fingerprint density at radius 2 is 1.76 bits per heavy atom. The monoisotopic (exact) mass is 460 g/mol. The van der Waals surface area contributed by atoms with Gasteiger partial charge < -0.3 is 16.0 Å². The number of nitrogens with zero attached hydrogens (tertiary/aromatic N) is 1. The van der Waals surface area contributed by atoms with Crippen molar-refractivity contribution in [2.45, 2.75) is 46.6 Å². The third-order valence-electron chi connectivity index (χ3n) is 3.69. The zero-order chi connectivity index (χ0) is 17.9. The van der Waals surface area contributed by atoms with Crippen LogP contribution >= 0.6 is 24.0 Å². The molecule has 25 heavy (non-hydrogen) atoms. The Balaban J connectivity index is 0.00000576. The molecule has 1 atom stereocenters. The quantitative estimate of drug-likeness (QED) is 0.317. The van der Waals surface area contributed by atoms with Crippen LogP contribution in [0, 0.1) is 5.92 Å². The largest absolute Gasteiger partial charge is 0.355 e. The fourth-order valence-electron chi connectivity index (χ4n) is 2.39. The van der Waals surface area contributed by atoms with E-state index in [4.69, 9.17) is 0 Å². The first-order valence-corrected chi connectivity index (χ1v) is 8.79. The summed E-state index contributed by atoms with van der Waals surface area (Å²) < 4.78 is 0. The number of carbonyl (C=O) groups is 1. The number of halogens is 1. The molecule has 0 fully saturated rings. The van der Waals surface area contributed by atoms with Gasteiger partial charge in [0.1, 0.15) is 0 Å². The van der Waals surface area contributed by atoms with E-state index in [1.807, 2.05) is 6.92 Å². The summed E-state index contributed by atoms with van der Waals surface area (Å²) in [6.07, 6.45) is 2.03. The molecule has 0 spiro atoms. The fraction of sp³-hybridized carbons (Fsp3) is 0.579. The molecule has 0 aromatic heterocycles. The molecule has 1 rings (SSSR count). The second kappa shape index (κ2) is 13.0. The lowest BCUT2D eigenvalue weighted by Crippen LogP contribution is -2.44. The van der Waals surface area contributed by atoms with Crippen LogP contribution in [0.5, 0.6) is 0 Å². The van der Waals surface area contributed by atoms with Crippen molar-refractivity contribution in [1.29, 1.82) is 0 Å². The van der Waals surface area contributed by atoms with Crippen LogP contribution in [0.15, 0.2) is 29.3 Å². The molecule has 5 nitrogen and oxygen atoms in total. The number of guanidine groups is 1. The maximum Gasteiger partial charge on any atom is 0.239 e. The second-order valence-corrected chi connectivity index (χ2v) is 6.48. The number of carbonyl (C=O) groups excluding carboxylic acids is 1. The predicted molar refractivity (Wildman–Crippen MR) is 117 cm³/mol. The van der Waals surface area contributed by atoms with Gasteiger partial charge in [-0.05, 0) is 36.8 Å². The molecule has 0 saturated heterocycles. The first kappa shape index (κ1) is 23.7. The summed E-state index contributed by atoms with van der Waals surface area (Å²) in [6, 6.07) is 8.78. The van der Waals surface area contributed by atoms with Crippen LogP contribution in [0.2, 0.25) is 0 Å². The second-order valence-electron chi connectivity index (χ2n) is 6.48. The normalized spacial score (nSPS) is 12.3. The summed E-state index contributed by atoms with van der Waals surface area (Å²) in [5.41, 5.74) is 2.55. The summed E-state index contributed by atoms with van der Waals surface area (Å²) in [7, 11) is 1.71. The predicted octanol–water partition coefficient (Wildman–Crippen LogP) is 3.26. The third-order valence-corrected chi connectivity index (χ3v) is 3.69.